The Hall–Kier alpha value is -0.610. The predicted molar refractivity (Wildman–Crippen MR) is 73.1 cm³/mol. The zero-order valence-electron chi connectivity index (χ0n) is 12.0. The van der Waals surface area contributed by atoms with Crippen molar-refractivity contribution in [2.24, 2.45) is 17.1 Å². The highest BCUT2D eigenvalue weighted by Gasteiger charge is 2.27. The summed E-state index contributed by atoms with van der Waals surface area (Å²) in [5, 5.41) is 9.43. The van der Waals surface area contributed by atoms with Crippen molar-refractivity contribution in [3.05, 3.63) is 0 Å². The van der Waals surface area contributed by atoms with Crippen LogP contribution in [0.5, 0.6) is 0 Å². The summed E-state index contributed by atoms with van der Waals surface area (Å²) in [7, 11) is 0. The van der Waals surface area contributed by atoms with Crippen LogP contribution in [0, 0.1) is 11.3 Å². The Morgan fingerprint density at radius 3 is 2.56 bits per heavy atom. The van der Waals surface area contributed by atoms with Crippen LogP contribution in [0.25, 0.3) is 0 Å². The van der Waals surface area contributed by atoms with E-state index in [9.17, 15) is 9.90 Å². The van der Waals surface area contributed by atoms with Crippen molar-refractivity contribution in [2.45, 2.75) is 52.6 Å². The molecule has 18 heavy (non-hydrogen) atoms. The minimum absolute atomic E-state index is 0.179. The van der Waals surface area contributed by atoms with E-state index in [4.69, 9.17) is 5.73 Å². The van der Waals surface area contributed by atoms with E-state index < -0.39 is 0 Å². The molecule has 0 aromatic heterocycles. The minimum atomic E-state index is -0.323. The number of aliphatic hydroxyl groups is 1. The average molecular weight is 256 g/mol. The number of nitrogens with zero attached hydrogens (tertiary/aromatic N) is 1. The van der Waals surface area contributed by atoms with Gasteiger partial charge in [-0.1, -0.05) is 20.8 Å². The molecule has 1 heterocycles. The molecule has 0 aromatic carbocycles. The Bertz CT molecular complexity index is 273. The van der Waals surface area contributed by atoms with E-state index in [0.29, 0.717) is 32.0 Å². The number of β-amino-alcohol motifs (C(OH)–C–C–N with tert-alkyl or cyclic N) is 1. The monoisotopic (exact) mass is 256 g/mol. The smallest absolute Gasteiger partial charge is 0.222 e. The molecule has 1 aliphatic heterocycles. The summed E-state index contributed by atoms with van der Waals surface area (Å²) >= 11 is 0. The predicted octanol–water partition coefficient (Wildman–Crippen LogP) is 1.37. The summed E-state index contributed by atoms with van der Waals surface area (Å²) in [5.74, 6) is 0.664. The lowest BCUT2D eigenvalue weighted by Crippen LogP contribution is -2.31. The third-order valence-corrected chi connectivity index (χ3v) is 3.96. The van der Waals surface area contributed by atoms with Crippen LogP contribution in [0.15, 0.2) is 0 Å². The number of hydrogen-bond acceptors (Lipinski definition) is 3. The average Bonchev–Trinajstić information content (AvgIpc) is 2.69. The first-order valence-corrected chi connectivity index (χ1v) is 7.00. The highest BCUT2D eigenvalue weighted by Crippen LogP contribution is 2.32. The first kappa shape index (κ1) is 15.4. The lowest BCUT2D eigenvalue weighted by molar-refractivity contribution is -0.131. The molecule has 1 rings (SSSR count). The third-order valence-electron chi connectivity index (χ3n) is 3.96. The summed E-state index contributed by atoms with van der Waals surface area (Å²) in [6, 6.07) is 0. The highest BCUT2D eigenvalue weighted by atomic mass is 16.3. The maximum Gasteiger partial charge on any atom is 0.222 e. The fourth-order valence-electron chi connectivity index (χ4n) is 2.64. The molecule has 0 aromatic rings. The van der Waals surface area contributed by atoms with Crippen LogP contribution >= 0.6 is 0 Å². The quantitative estimate of drug-likeness (QED) is 0.781. The molecule has 1 fully saturated rings. The van der Waals surface area contributed by atoms with Crippen LogP contribution in [0.1, 0.15) is 46.5 Å². The van der Waals surface area contributed by atoms with Gasteiger partial charge in [-0.15, -0.1) is 0 Å². The largest absolute Gasteiger partial charge is 0.391 e. The second-order valence-corrected chi connectivity index (χ2v) is 6.46. The molecule has 3 N–H and O–H groups in total. The lowest BCUT2D eigenvalue weighted by Gasteiger charge is -2.31. The number of carbonyl (C=O) groups excluding carboxylic acids is 1. The second-order valence-electron chi connectivity index (χ2n) is 6.46. The second kappa shape index (κ2) is 6.53. The van der Waals surface area contributed by atoms with E-state index in [-0.39, 0.29) is 17.4 Å². The Morgan fingerprint density at radius 1 is 1.44 bits per heavy atom. The highest BCUT2D eigenvalue weighted by molar-refractivity contribution is 5.76. The van der Waals surface area contributed by atoms with Crippen LogP contribution in [-0.4, -0.2) is 41.7 Å². The van der Waals surface area contributed by atoms with E-state index in [2.05, 4.69) is 20.8 Å². The molecule has 0 spiro atoms. The Kier molecular flexibility index (Phi) is 5.60. The number of likely N-dealkylation sites (tertiary alicyclic amines) is 1. The molecule has 0 radical (unpaired) electrons. The molecule has 1 saturated heterocycles. The molecular weight excluding hydrogens is 228 g/mol. The van der Waals surface area contributed by atoms with Gasteiger partial charge < -0.3 is 15.7 Å². The topological polar surface area (TPSA) is 66.6 Å². The molecule has 2 atom stereocenters. The molecule has 4 heteroatoms. The van der Waals surface area contributed by atoms with Crippen LogP contribution in [-0.2, 0) is 4.79 Å². The normalized spacial score (nSPS) is 22.3. The van der Waals surface area contributed by atoms with E-state index in [1.54, 1.807) is 4.90 Å². The molecule has 1 aliphatic rings. The number of carbonyl (C=O) groups is 1. The van der Waals surface area contributed by atoms with Gasteiger partial charge in [0.05, 0.1) is 6.10 Å². The van der Waals surface area contributed by atoms with Gasteiger partial charge in [0.2, 0.25) is 5.91 Å². The van der Waals surface area contributed by atoms with Crippen molar-refractivity contribution < 1.29 is 9.90 Å². The summed E-state index contributed by atoms with van der Waals surface area (Å²) in [6.07, 6.45) is 2.84. The summed E-state index contributed by atoms with van der Waals surface area (Å²) in [6.45, 7) is 8.51. The van der Waals surface area contributed by atoms with E-state index in [1.165, 1.54) is 0 Å². The number of nitrogens with two attached hydrogens (primary N) is 1. The standard InChI is InChI=1S/C14H28N2O2/c1-14(2,3)11(6-8-15)4-5-13(18)16-9-7-12(17)10-16/h11-12,17H,4-10,15H2,1-3H3/t11?,12-/m1/s1. The number of rotatable bonds is 5. The van der Waals surface area contributed by atoms with Gasteiger partial charge >= 0.3 is 0 Å². The van der Waals surface area contributed by atoms with Crippen molar-refractivity contribution in [1.29, 1.82) is 0 Å². The van der Waals surface area contributed by atoms with Crippen molar-refractivity contribution in [3.8, 4) is 0 Å². The zero-order chi connectivity index (χ0) is 13.8. The van der Waals surface area contributed by atoms with Gasteiger partial charge in [0, 0.05) is 19.5 Å². The molecule has 0 aliphatic carbocycles. The molecule has 1 unspecified atom stereocenters. The van der Waals surface area contributed by atoms with Crippen LogP contribution < -0.4 is 5.73 Å². The third kappa shape index (κ3) is 4.58. The summed E-state index contributed by atoms with van der Waals surface area (Å²) < 4.78 is 0. The van der Waals surface area contributed by atoms with Crippen molar-refractivity contribution in [3.63, 3.8) is 0 Å². The maximum atomic E-state index is 12.0. The molecule has 0 saturated carbocycles. The number of aliphatic hydroxyl groups excluding tert-OH is 1. The van der Waals surface area contributed by atoms with Crippen molar-refractivity contribution >= 4 is 5.91 Å². The van der Waals surface area contributed by atoms with E-state index in [1.807, 2.05) is 0 Å². The Labute approximate surface area is 111 Å². The molecular formula is C14H28N2O2. The zero-order valence-corrected chi connectivity index (χ0v) is 12.0. The fourth-order valence-corrected chi connectivity index (χ4v) is 2.64. The fraction of sp³-hybridized carbons (Fsp3) is 0.929. The van der Waals surface area contributed by atoms with Crippen LogP contribution in [0.2, 0.25) is 0 Å². The Morgan fingerprint density at radius 2 is 2.11 bits per heavy atom. The molecule has 1 amide bonds. The van der Waals surface area contributed by atoms with E-state index in [0.717, 1.165) is 19.3 Å². The van der Waals surface area contributed by atoms with Crippen molar-refractivity contribution in [1.82, 2.24) is 4.90 Å². The molecule has 106 valence electrons. The first-order valence-electron chi connectivity index (χ1n) is 7.00. The van der Waals surface area contributed by atoms with Gasteiger partial charge in [0.25, 0.3) is 0 Å². The summed E-state index contributed by atoms with van der Waals surface area (Å²) in [5.41, 5.74) is 5.84. The number of hydrogen-bond donors (Lipinski definition) is 2. The molecule has 4 nitrogen and oxygen atoms in total. The van der Waals surface area contributed by atoms with Gasteiger partial charge in [0.15, 0.2) is 0 Å². The Balaban J connectivity index is 2.40. The first-order chi connectivity index (χ1) is 8.34. The number of amides is 1. The van der Waals surface area contributed by atoms with Crippen molar-refractivity contribution in [2.75, 3.05) is 19.6 Å². The minimum Gasteiger partial charge on any atom is -0.391 e. The van der Waals surface area contributed by atoms with Crippen LogP contribution in [0.3, 0.4) is 0 Å². The van der Waals surface area contributed by atoms with Crippen LogP contribution in [0.4, 0.5) is 0 Å². The lowest BCUT2D eigenvalue weighted by atomic mass is 9.76. The SMILES string of the molecule is CC(C)(C)C(CCN)CCC(=O)N1CC[C@@H](O)C1. The van der Waals surface area contributed by atoms with Gasteiger partial charge in [-0.25, -0.2) is 0 Å². The van der Waals surface area contributed by atoms with Gasteiger partial charge in [-0.2, -0.15) is 0 Å². The van der Waals surface area contributed by atoms with Gasteiger partial charge in [-0.3, -0.25) is 4.79 Å². The summed E-state index contributed by atoms with van der Waals surface area (Å²) in [4.78, 5) is 13.8. The van der Waals surface area contributed by atoms with E-state index >= 15 is 0 Å². The molecule has 0 bridgehead atoms. The van der Waals surface area contributed by atoms with Gasteiger partial charge in [-0.05, 0) is 37.1 Å². The maximum absolute atomic E-state index is 12.0. The van der Waals surface area contributed by atoms with Gasteiger partial charge in [0.1, 0.15) is 0 Å².